The average Bonchev–Trinajstić information content (AvgIpc) is 1.05. The number of unbranched alkanes of at least 4 members (excludes halogenated alkanes) is 51. The number of phosphoric acid groups is 2. The zero-order valence-corrected chi connectivity index (χ0v) is 65.7. The van der Waals surface area contributed by atoms with Crippen LogP contribution in [0.3, 0.4) is 0 Å². The Labute approximate surface area is 600 Å². The van der Waals surface area contributed by atoms with Crippen molar-refractivity contribution in [1.29, 1.82) is 0 Å². The summed E-state index contributed by atoms with van der Waals surface area (Å²) in [5.41, 5.74) is 0. The molecule has 0 spiro atoms. The second kappa shape index (κ2) is 72.0. The van der Waals surface area contributed by atoms with Gasteiger partial charge < -0.3 is 33.8 Å². The molecule has 98 heavy (non-hydrogen) atoms. The summed E-state index contributed by atoms with van der Waals surface area (Å²) in [6.45, 7) is 7.33. The molecule has 3 N–H and O–H groups in total. The average molecular weight is 1440 g/mol. The van der Waals surface area contributed by atoms with Crippen LogP contribution in [0.4, 0.5) is 0 Å². The fourth-order valence-corrected chi connectivity index (χ4v) is 13.8. The van der Waals surface area contributed by atoms with Crippen LogP contribution in [0.15, 0.2) is 0 Å². The first kappa shape index (κ1) is 96.1. The Morgan fingerprint density at radius 2 is 0.469 bits per heavy atom. The molecule has 0 saturated heterocycles. The molecule has 0 rings (SSSR count). The van der Waals surface area contributed by atoms with Gasteiger partial charge in [0.25, 0.3) is 0 Å². The first-order chi connectivity index (χ1) is 47.5. The van der Waals surface area contributed by atoms with E-state index in [2.05, 4.69) is 34.6 Å². The Hall–Kier alpha value is -1.94. The number of esters is 4. The lowest BCUT2D eigenvalue weighted by atomic mass is 10.0. The van der Waals surface area contributed by atoms with Gasteiger partial charge in [-0.15, -0.1) is 0 Å². The standard InChI is InChI=1S/C79H154O17P2/c1-6-9-12-15-18-21-24-27-29-31-34-39-44-49-54-59-64-78(83)95-74(68-90-77(82)63-58-53-48-43-38-33-30-28-25-22-19-16-13-10-7-2)70-93-97(85,86)91-66-73(80)67-92-98(87,88)94-71-75(69-89-76(81)62-57-52-47-42-37-32-26-23-20-17-14-11-8-3)96-79(84)65-60-55-50-45-40-35-36-41-46-51-56-61-72(4)5/h72-75,80H,6-71H2,1-5H3,(H,85,86)(H,87,88)/t73-,74-,75-/m1/s1. The van der Waals surface area contributed by atoms with Crippen LogP contribution >= 0.6 is 15.6 Å². The number of aliphatic hydroxyl groups is 1. The lowest BCUT2D eigenvalue weighted by molar-refractivity contribution is -0.161. The van der Waals surface area contributed by atoms with Gasteiger partial charge in [-0.2, -0.15) is 0 Å². The first-order valence-electron chi connectivity index (χ1n) is 41.1. The molecule has 0 aliphatic heterocycles. The van der Waals surface area contributed by atoms with Crippen LogP contribution in [0.5, 0.6) is 0 Å². The predicted molar refractivity (Wildman–Crippen MR) is 400 cm³/mol. The highest BCUT2D eigenvalue weighted by Crippen LogP contribution is 2.45. The molecule has 0 heterocycles. The number of phosphoric ester groups is 2. The third-order valence-corrected chi connectivity index (χ3v) is 20.4. The molecule has 0 aliphatic carbocycles. The maximum Gasteiger partial charge on any atom is 0.472 e. The fourth-order valence-electron chi connectivity index (χ4n) is 12.2. The quantitative estimate of drug-likeness (QED) is 0.0222. The van der Waals surface area contributed by atoms with E-state index in [1.165, 1.54) is 244 Å². The third kappa shape index (κ3) is 72.4. The maximum absolute atomic E-state index is 13.1. The molecule has 19 heteroatoms. The summed E-state index contributed by atoms with van der Waals surface area (Å²) in [5, 5.41) is 10.6. The molecule has 2 unspecified atom stereocenters. The van der Waals surface area contributed by atoms with Crippen LogP contribution < -0.4 is 0 Å². The first-order valence-corrected chi connectivity index (χ1v) is 44.1. The maximum atomic E-state index is 13.1. The highest BCUT2D eigenvalue weighted by Gasteiger charge is 2.30. The van der Waals surface area contributed by atoms with Crippen molar-refractivity contribution in [3.63, 3.8) is 0 Å². The Morgan fingerprint density at radius 1 is 0.276 bits per heavy atom. The van der Waals surface area contributed by atoms with Crippen molar-refractivity contribution in [3.05, 3.63) is 0 Å². The third-order valence-electron chi connectivity index (χ3n) is 18.5. The van der Waals surface area contributed by atoms with E-state index >= 15 is 0 Å². The van der Waals surface area contributed by atoms with Crippen molar-refractivity contribution in [2.45, 2.75) is 438 Å². The van der Waals surface area contributed by atoms with Crippen molar-refractivity contribution in [2.75, 3.05) is 39.6 Å². The smallest absolute Gasteiger partial charge is 0.462 e. The number of hydrogen-bond acceptors (Lipinski definition) is 15. The van der Waals surface area contributed by atoms with E-state index in [4.69, 9.17) is 37.0 Å². The van der Waals surface area contributed by atoms with Crippen LogP contribution in [-0.4, -0.2) is 96.7 Å². The van der Waals surface area contributed by atoms with Crippen LogP contribution in [0.1, 0.15) is 420 Å². The lowest BCUT2D eigenvalue weighted by Gasteiger charge is -2.21. The van der Waals surface area contributed by atoms with Gasteiger partial charge in [0, 0.05) is 25.7 Å². The zero-order chi connectivity index (χ0) is 71.9. The van der Waals surface area contributed by atoms with E-state index in [1.807, 2.05) is 0 Å². The van der Waals surface area contributed by atoms with Gasteiger partial charge in [-0.25, -0.2) is 9.13 Å². The molecular formula is C79H154O17P2. The molecule has 17 nitrogen and oxygen atoms in total. The molecule has 0 radical (unpaired) electrons. The molecule has 0 amide bonds. The van der Waals surface area contributed by atoms with E-state index < -0.39 is 97.5 Å². The number of ether oxygens (including phenoxy) is 4. The highest BCUT2D eigenvalue weighted by atomic mass is 31.2. The second-order valence-corrected chi connectivity index (χ2v) is 31.8. The summed E-state index contributed by atoms with van der Waals surface area (Å²) in [6, 6.07) is 0. The van der Waals surface area contributed by atoms with Gasteiger partial charge >= 0.3 is 39.5 Å². The predicted octanol–water partition coefficient (Wildman–Crippen LogP) is 23.6. The molecule has 582 valence electrons. The summed E-state index contributed by atoms with van der Waals surface area (Å²) < 4.78 is 68.7. The number of aliphatic hydroxyl groups excluding tert-OH is 1. The summed E-state index contributed by atoms with van der Waals surface area (Å²) in [5.74, 6) is -1.34. The Morgan fingerprint density at radius 3 is 0.694 bits per heavy atom. The summed E-state index contributed by atoms with van der Waals surface area (Å²) >= 11 is 0. The molecular weight excluding hydrogens is 1280 g/mol. The van der Waals surface area contributed by atoms with Gasteiger partial charge in [0.05, 0.1) is 26.4 Å². The van der Waals surface area contributed by atoms with Gasteiger partial charge in [-0.1, -0.05) is 369 Å². The Kier molecular flexibility index (Phi) is 70.6. The largest absolute Gasteiger partial charge is 0.472 e. The van der Waals surface area contributed by atoms with Crippen molar-refractivity contribution in [2.24, 2.45) is 5.92 Å². The van der Waals surface area contributed by atoms with Crippen molar-refractivity contribution in [3.8, 4) is 0 Å². The SMILES string of the molecule is CCCCCCCCCCCCCCCCCCC(=O)O[C@H](COC(=O)CCCCCCCCCCCCCCCCC)COP(=O)(O)OC[C@@H](O)COP(=O)(O)OC[C@@H](COC(=O)CCCCCCCCCCCCCCC)OC(=O)CCCCCCCCCCCCCC(C)C. The summed E-state index contributed by atoms with van der Waals surface area (Å²) in [4.78, 5) is 73.0. The highest BCUT2D eigenvalue weighted by molar-refractivity contribution is 7.47. The van der Waals surface area contributed by atoms with E-state index in [0.29, 0.717) is 25.7 Å². The molecule has 0 bridgehead atoms. The van der Waals surface area contributed by atoms with Gasteiger partial charge in [-0.3, -0.25) is 37.3 Å². The molecule has 0 aromatic rings. The van der Waals surface area contributed by atoms with Gasteiger partial charge in [0.2, 0.25) is 0 Å². The van der Waals surface area contributed by atoms with E-state index in [9.17, 15) is 43.2 Å². The molecule has 0 aliphatic rings. The van der Waals surface area contributed by atoms with Crippen LogP contribution in [0.2, 0.25) is 0 Å². The number of hydrogen-bond donors (Lipinski definition) is 3. The monoisotopic (exact) mass is 1440 g/mol. The van der Waals surface area contributed by atoms with Gasteiger partial charge in [-0.05, 0) is 31.6 Å². The van der Waals surface area contributed by atoms with Crippen LogP contribution in [0.25, 0.3) is 0 Å². The van der Waals surface area contributed by atoms with Crippen LogP contribution in [-0.2, 0) is 65.4 Å². The second-order valence-electron chi connectivity index (χ2n) is 28.9. The molecule has 0 fully saturated rings. The van der Waals surface area contributed by atoms with E-state index in [0.717, 1.165) is 95.8 Å². The number of carbonyl (C=O) groups is 4. The number of carbonyl (C=O) groups excluding carboxylic acids is 4. The Balaban J connectivity index is 5.27. The van der Waals surface area contributed by atoms with Gasteiger partial charge in [0.15, 0.2) is 12.2 Å². The molecule has 0 saturated carbocycles. The minimum Gasteiger partial charge on any atom is -0.462 e. The normalized spacial score (nSPS) is 13.9. The van der Waals surface area contributed by atoms with E-state index in [1.54, 1.807) is 0 Å². The lowest BCUT2D eigenvalue weighted by Crippen LogP contribution is -2.30. The fraction of sp³-hybridized carbons (Fsp3) is 0.949. The minimum atomic E-state index is -4.96. The van der Waals surface area contributed by atoms with Crippen molar-refractivity contribution in [1.82, 2.24) is 0 Å². The van der Waals surface area contributed by atoms with Crippen molar-refractivity contribution >= 4 is 39.5 Å². The molecule has 5 atom stereocenters. The van der Waals surface area contributed by atoms with Gasteiger partial charge in [0.1, 0.15) is 19.3 Å². The number of rotatable bonds is 79. The minimum absolute atomic E-state index is 0.107. The Bertz CT molecular complexity index is 1870. The van der Waals surface area contributed by atoms with E-state index in [-0.39, 0.29) is 25.7 Å². The van der Waals surface area contributed by atoms with Crippen LogP contribution in [0, 0.1) is 5.92 Å². The zero-order valence-electron chi connectivity index (χ0n) is 63.9. The summed E-state index contributed by atoms with van der Waals surface area (Å²) in [7, 11) is -9.92. The molecule has 0 aromatic carbocycles. The summed E-state index contributed by atoms with van der Waals surface area (Å²) in [6.07, 6.45) is 62.2. The topological polar surface area (TPSA) is 237 Å². The van der Waals surface area contributed by atoms with Crippen molar-refractivity contribution < 1.29 is 80.2 Å². The molecule has 0 aromatic heterocycles.